The van der Waals surface area contributed by atoms with E-state index in [1.54, 1.807) is 0 Å². The van der Waals surface area contributed by atoms with Gasteiger partial charge in [-0.25, -0.2) is 8.78 Å². The Morgan fingerprint density at radius 2 is 1.91 bits per heavy atom. The van der Waals surface area contributed by atoms with Gasteiger partial charge in [0.2, 0.25) is 18.7 Å². The van der Waals surface area contributed by atoms with Gasteiger partial charge in [0, 0.05) is 6.04 Å². The van der Waals surface area contributed by atoms with Crippen LogP contribution in [0.5, 0.6) is 0 Å². The van der Waals surface area contributed by atoms with Gasteiger partial charge in [0.1, 0.15) is 0 Å². The number of nitrogens with zero attached hydrogens (tertiary/aromatic N) is 1. The van der Waals surface area contributed by atoms with Gasteiger partial charge in [-0.1, -0.05) is 45.0 Å². The second-order valence-corrected chi connectivity index (χ2v) is 11.5. The number of alkyl halides is 2. The summed E-state index contributed by atoms with van der Waals surface area (Å²) in [5.41, 5.74) is 2.92. The molecule has 35 heavy (non-hydrogen) atoms. The van der Waals surface area contributed by atoms with Crippen molar-refractivity contribution in [3.8, 4) is 0 Å². The Bertz CT molecular complexity index is 804. The molecule has 0 aromatic heterocycles. The molecule has 4 rings (SSSR count). The van der Waals surface area contributed by atoms with E-state index in [-0.39, 0.29) is 17.5 Å². The van der Waals surface area contributed by atoms with E-state index in [4.69, 9.17) is 0 Å². The maximum atomic E-state index is 12.7. The normalized spacial score (nSPS) is 26.9. The minimum Gasteiger partial charge on any atom is -0.352 e. The molecule has 0 spiro atoms. The number of amides is 2. The number of benzene rings is 1. The topological polar surface area (TPSA) is 61.4 Å². The number of fused-ring (bicyclic) bond motifs is 2. The van der Waals surface area contributed by atoms with Crippen LogP contribution in [0.3, 0.4) is 0 Å². The van der Waals surface area contributed by atoms with Crippen LogP contribution in [0, 0.1) is 5.41 Å². The standard InChI is InChI=1S/C14H26N2OS.C11H13NO.C2H4F2/c1-5-7-15-11-6-8-18-12-9-14(3,4)10(2)16(12)13(11)17;13-8-12-11-7-3-5-9-4-1-2-6-10(9)11;1-2(3)4/h10-12,15H,5-9H2,1-4H3;1-2,4,6,8,11H,3,5,7H2,(H,12,13);2H,1H3. The molecule has 2 heterocycles. The summed E-state index contributed by atoms with van der Waals surface area (Å²) in [7, 11) is 0. The minimum absolute atomic E-state index is 0.0406. The summed E-state index contributed by atoms with van der Waals surface area (Å²) in [5.74, 6) is 1.42. The van der Waals surface area contributed by atoms with Gasteiger partial charge in [-0.2, -0.15) is 0 Å². The Morgan fingerprint density at radius 1 is 1.23 bits per heavy atom. The van der Waals surface area contributed by atoms with Crippen molar-refractivity contribution in [3.05, 3.63) is 35.4 Å². The fourth-order valence-electron chi connectivity index (χ4n) is 4.96. The van der Waals surface area contributed by atoms with Gasteiger partial charge in [-0.3, -0.25) is 9.59 Å². The third-order valence-corrected chi connectivity index (χ3v) is 8.36. The number of hydrogen-bond acceptors (Lipinski definition) is 4. The first kappa shape index (κ1) is 29.6. The maximum Gasteiger partial charge on any atom is 0.240 e. The summed E-state index contributed by atoms with van der Waals surface area (Å²) < 4.78 is 20.7. The number of thioether (sulfide) groups is 1. The molecule has 2 N–H and O–H groups in total. The SMILES string of the molecule is CC(F)F.CCCNC1CCSC2CC(C)(C)C(C)N2C1=O.O=CNC1CCCc2ccccc21. The van der Waals surface area contributed by atoms with Crippen molar-refractivity contribution in [2.75, 3.05) is 12.3 Å². The Morgan fingerprint density at radius 3 is 2.57 bits per heavy atom. The van der Waals surface area contributed by atoms with Crippen molar-refractivity contribution in [2.24, 2.45) is 5.41 Å². The van der Waals surface area contributed by atoms with Gasteiger partial charge in [0.05, 0.1) is 17.5 Å². The molecule has 2 aliphatic heterocycles. The second kappa shape index (κ2) is 14.2. The summed E-state index contributed by atoms with van der Waals surface area (Å²) in [6, 6.07) is 8.97. The summed E-state index contributed by atoms with van der Waals surface area (Å²) in [4.78, 5) is 25.2. The zero-order valence-electron chi connectivity index (χ0n) is 21.9. The molecular formula is C27H43F2N3O2S. The monoisotopic (exact) mass is 511 g/mol. The zero-order valence-corrected chi connectivity index (χ0v) is 22.7. The molecule has 1 aromatic rings. The first-order valence-corrected chi connectivity index (χ1v) is 13.9. The van der Waals surface area contributed by atoms with Gasteiger partial charge in [0.15, 0.2) is 0 Å². The predicted molar refractivity (Wildman–Crippen MR) is 141 cm³/mol. The Labute approximate surface area is 214 Å². The fourth-order valence-corrected chi connectivity index (χ4v) is 6.60. The highest BCUT2D eigenvalue weighted by atomic mass is 32.2. The fraction of sp³-hybridized carbons (Fsp3) is 0.704. The predicted octanol–water partition coefficient (Wildman–Crippen LogP) is 5.55. The molecule has 2 amide bonds. The summed E-state index contributed by atoms with van der Waals surface area (Å²) in [5, 5.41) is 6.68. The molecule has 0 bridgehead atoms. The van der Waals surface area contributed by atoms with Gasteiger partial charge in [0.25, 0.3) is 0 Å². The number of halogens is 2. The molecule has 198 valence electrons. The summed E-state index contributed by atoms with van der Waals surface area (Å²) in [6.45, 7) is 10.7. The van der Waals surface area contributed by atoms with Crippen molar-refractivity contribution < 1.29 is 18.4 Å². The van der Waals surface area contributed by atoms with Gasteiger partial charge >= 0.3 is 0 Å². The molecule has 0 saturated carbocycles. The molecule has 3 aliphatic rings. The molecule has 2 fully saturated rings. The number of nitrogens with one attached hydrogen (secondary N) is 2. The van der Waals surface area contributed by atoms with Gasteiger partial charge in [-0.15, -0.1) is 11.8 Å². The smallest absolute Gasteiger partial charge is 0.240 e. The zero-order chi connectivity index (χ0) is 26.0. The van der Waals surface area contributed by atoms with E-state index in [9.17, 15) is 18.4 Å². The van der Waals surface area contributed by atoms with Crippen LogP contribution < -0.4 is 10.6 Å². The van der Waals surface area contributed by atoms with Crippen LogP contribution in [-0.2, 0) is 16.0 Å². The van der Waals surface area contributed by atoms with Crippen molar-refractivity contribution >= 4 is 24.1 Å². The number of carbonyl (C=O) groups excluding carboxylic acids is 2. The second-order valence-electron chi connectivity index (χ2n) is 10.2. The van der Waals surface area contributed by atoms with Crippen LogP contribution in [-0.4, -0.2) is 53.4 Å². The molecular weight excluding hydrogens is 468 g/mol. The van der Waals surface area contributed by atoms with Crippen LogP contribution in [0.1, 0.15) is 83.9 Å². The van der Waals surface area contributed by atoms with E-state index in [0.29, 0.717) is 17.3 Å². The molecule has 1 aliphatic carbocycles. The Hall–Kier alpha value is -1.67. The quantitative estimate of drug-likeness (QED) is 0.509. The Balaban J connectivity index is 0.000000222. The highest BCUT2D eigenvalue weighted by Crippen LogP contribution is 2.45. The van der Waals surface area contributed by atoms with Gasteiger partial charge in [-0.05, 0) is 81.2 Å². The van der Waals surface area contributed by atoms with Crippen molar-refractivity contribution in [2.45, 2.75) is 103 Å². The number of aryl methyl sites for hydroxylation is 1. The van der Waals surface area contributed by atoms with E-state index in [1.807, 2.05) is 17.8 Å². The molecule has 0 radical (unpaired) electrons. The van der Waals surface area contributed by atoms with E-state index in [1.165, 1.54) is 17.5 Å². The summed E-state index contributed by atoms with van der Waals surface area (Å²) >= 11 is 1.97. The average Bonchev–Trinajstić information content (AvgIpc) is 2.93. The lowest BCUT2D eigenvalue weighted by molar-refractivity contribution is -0.135. The largest absolute Gasteiger partial charge is 0.352 e. The molecule has 1 aromatic carbocycles. The van der Waals surface area contributed by atoms with Crippen molar-refractivity contribution in [1.82, 2.24) is 15.5 Å². The third-order valence-electron chi connectivity index (χ3n) is 7.11. The molecule has 4 atom stereocenters. The first-order valence-electron chi connectivity index (χ1n) is 12.8. The minimum atomic E-state index is -2.17. The van der Waals surface area contributed by atoms with E-state index < -0.39 is 6.43 Å². The van der Waals surface area contributed by atoms with Crippen LogP contribution in [0.2, 0.25) is 0 Å². The van der Waals surface area contributed by atoms with E-state index in [2.05, 4.69) is 61.4 Å². The van der Waals surface area contributed by atoms with Crippen LogP contribution in [0.15, 0.2) is 24.3 Å². The highest BCUT2D eigenvalue weighted by molar-refractivity contribution is 7.99. The van der Waals surface area contributed by atoms with Gasteiger partial charge < -0.3 is 15.5 Å². The lowest BCUT2D eigenvalue weighted by atomic mass is 9.86. The average molecular weight is 512 g/mol. The van der Waals surface area contributed by atoms with Crippen LogP contribution in [0.25, 0.3) is 0 Å². The lowest BCUT2D eigenvalue weighted by Gasteiger charge is -2.32. The molecule has 5 nitrogen and oxygen atoms in total. The maximum absolute atomic E-state index is 12.7. The molecule has 8 heteroatoms. The van der Waals surface area contributed by atoms with Crippen molar-refractivity contribution in [3.63, 3.8) is 0 Å². The van der Waals surface area contributed by atoms with Crippen LogP contribution in [0.4, 0.5) is 8.78 Å². The molecule has 2 saturated heterocycles. The number of rotatable bonds is 5. The summed E-state index contributed by atoms with van der Waals surface area (Å²) in [6.07, 6.45) is 5.20. The lowest BCUT2D eigenvalue weighted by Crippen LogP contribution is -2.50. The van der Waals surface area contributed by atoms with E-state index in [0.717, 1.165) is 57.7 Å². The number of hydrogen-bond donors (Lipinski definition) is 2. The highest BCUT2D eigenvalue weighted by Gasteiger charge is 2.48. The molecule has 4 unspecified atom stereocenters. The van der Waals surface area contributed by atoms with E-state index >= 15 is 0 Å². The number of carbonyl (C=O) groups is 2. The van der Waals surface area contributed by atoms with Crippen molar-refractivity contribution in [1.29, 1.82) is 0 Å². The first-order chi connectivity index (χ1) is 16.6. The third kappa shape index (κ3) is 8.45. The Kier molecular flexibility index (Phi) is 12.0. The van der Waals surface area contributed by atoms with Crippen LogP contribution >= 0.6 is 11.8 Å².